The zero-order valence-corrected chi connectivity index (χ0v) is 25.1. The molecule has 0 fully saturated rings. The van der Waals surface area contributed by atoms with Crippen molar-refractivity contribution in [3.05, 3.63) is 58.2 Å². The number of carboxylic acids is 1. The molecule has 1 aliphatic rings. The molecule has 13 nitrogen and oxygen atoms in total. The van der Waals surface area contributed by atoms with E-state index in [-0.39, 0.29) is 29.2 Å². The smallest absolute Gasteiger partial charge is 0.475 e. The molecule has 0 aliphatic carbocycles. The summed E-state index contributed by atoms with van der Waals surface area (Å²) in [7, 11) is 1.09. The van der Waals surface area contributed by atoms with E-state index in [9.17, 15) is 45.1 Å². The first-order valence-electron chi connectivity index (χ1n) is 13.4. The number of hydrogen-bond donors (Lipinski definition) is 6. The summed E-state index contributed by atoms with van der Waals surface area (Å²) in [6.07, 6.45) is -9.88. The topological polar surface area (TPSA) is 187 Å². The summed E-state index contributed by atoms with van der Waals surface area (Å²) < 4.78 is 89.6. The number of alkyl halides is 7. The molecule has 0 saturated heterocycles. The van der Waals surface area contributed by atoms with Gasteiger partial charge in [-0.3, -0.25) is 19.5 Å². The Morgan fingerprint density at radius 3 is 2.38 bits per heavy atom. The first kappa shape index (κ1) is 37.3. The molecular formula is C27H25ClF7N7O6. The number of H-pyrrole nitrogens is 1. The maximum Gasteiger partial charge on any atom is 0.490 e. The zero-order chi connectivity index (χ0) is 35.8. The van der Waals surface area contributed by atoms with Crippen LogP contribution >= 0.6 is 11.6 Å². The molecule has 4 rings (SSSR count). The van der Waals surface area contributed by atoms with Gasteiger partial charge in [-0.05, 0) is 35.9 Å². The summed E-state index contributed by atoms with van der Waals surface area (Å²) in [5, 5.41) is 24.9. The Hall–Kier alpha value is -5.14. The van der Waals surface area contributed by atoms with Gasteiger partial charge >= 0.3 is 24.3 Å². The maximum atomic E-state index is 13.4. The lowest BCUT2D eigenvalue weighted by atomic mass is 10.0. The number of guanidine groups is 1. The van der Waals surface area contributed by atoms with Crippen molar-refractivity contribution in [1.29, 1.82) is 0 Å². The highest BCUT2D eigenvalue weighted by Crippen LogP contribution is 2.34. The van der Waals surface area contributed by atoms with E-state index >= 15 is 0 Å². The molecule has 3 aromatic rings. The van der Waals surface area contributed by atoms with Crippen LogP contribution in [0.5, 0.6) is 0 Å². The van der Waals surface area contributed by atoms with Crippen LogP contribution in [0, 0.1) is 0 Å². The van der Waals surface area contributed by atoms with Gasteiger partial charge in [-0.1, -0.05) is 11.6 Å². The number of nitrogens with zero attached hydrogens (tertiary/aromatic N) is 2. The van der Waals surface area contributed by atoms with E-state index in [2.05, 4.69) is 41.2 Å². The lowest BCUT2D eigenvalue weighted by Gasteiger charge is -2.20. The number of halogens is 8. The van der Waals surface area contributed by atoms with Crippen molar-refractivity contribution >= 4 is 57.9 Å². The zero-order valence-electron chi connectivity index (χ0n) is 24.4. The number of aromatic amines is 1. The average Bonchev–Trinajstić information content (AvgIpc) is 3.49. The Kier molecular flexibility index (Phi) is 12.2. The van der Waals surface area contributed by atoms with E-state index in [0.29, 0.717) is 22.5 Å². The fourth-order valence-corrected chi connectivity index (χ4v) is 4.25. The number of hydrogen-bond acceptors (Lipinski definition) is 9. The number of benzene rings is 2. The number of aliphatic imine (C=N–C) groups is 1. The number of carbonyl (C=O) groups excluding carboxylic acids is 3. The first-order valence-corrected chi connectivity index (χ1v) is 13.7. The van der Waals surface area contributed by atoms with Crippen LogP contribution in [-0.4, -0.2) is 84.1 Å². The van der Waals surface area contributed by atoms with Gasteiger partial charge < -0.3 is 31.1 Å². The van der Waals surface area contributed by atoms with Crippen molar-refractivity contribution in [3.8, 4) is 0 Å². The van der Waals surface area contributed by atoms with Gasteiger partial charge in [0.15, 0.2) is 5.96 Å². The second-order valence-electron chi connectivity index (χ2n) is 9.80. The molecule has 2 heterocycles. The highest BCUT2D eigenvalue weighted by atomic mass is 35.5. The number of aliphatic carboxylic acids is 1. The van der Waals surface area contributed by atoms with Gasteiger partial charge in [-0.25, -0.2) is 14.2 Å². The number of aromatic nitrogens is 2. The van der Waals surface area contributed by atoms with Gasteiger partial charge in [0, 0.05) is 16.0 Å². The molecule has 0 radical (unpaired) electrons. The van der Waals surface area contributed by atoms with Crippen LogP contribution in [0.1, 0.15) is 33.9 Å². The summed E-state index contributed by atoms with van der Waals surface area (Å²) in [5.41, 5.74) is -0.0749. The molecular weight excluding hydrogens is 687 g/mol. The van der Waals surface area contributed by atoms with Crippen LogP contribution in [-0.2, 0) is 25.3 Å². The maximum absolute atomic E-state index is 13.4. The molecule has 2 aromatic carbocycles. The third-order valence-corrected chi connectivity index (χ3v) is 6.47. The van der Waals surface area contributed by atoms with Crippen molar-refractivity contribution in [3.63, 3.8) is 0 Å². The van der Waals surface area contributed by atoms with Gasteiger partial charge in [0.25, 0.3) is 5.91 Å². The molecule has 260 valence electrons. The van der Waals surface area contributed by atoms with Crippen molar-refractivity contribution in [2.45, 2.75) is 31.0 Å². The Morgan fingerprint density at radius 2 is 1.79 bits per heavy atom. The fraction of sp³-hybridized carbons (Fsp3) is 0.333. The van der Waals surface area contributed by atoms with E-state index in [4.69, 9.17) is 21.5 Å². The van der Waals surface area contributed by atoms with Crippen LogP contribution in [0.3, 0.4) is 0 Å². The van der Waals surface area contributed by atoms with Crippen molar-refractivity contribution in [1.82, 2.24) is 26.1 Å². The first-order chi connectivity index (χ1) is 22.4. The third kappa shape index (κ3) is 10.7. The Morgan fingerprint density at radius 1 is 1.10 bits per heavy atom. The highest BCUT2D eigenvalue weighted by molar-refractivity contribution is 6.30. The molecule has 0 bridgehead atoms. The molecule has 1 aromatic heterocycles. The molecule has 2 amide bonds. The fourth-order valence-electron chi connectivity index (χ4n) is 4.00. The van der Waals surface area contributed by atoms with Crippen molar-refractivity contribution in [2.24, 2.45) is 4.99 Å². The second kappa shape index (κ2) is 15.6. The molecule has 6 N–H and O–H groups in total. The van der Waals surface area contributed by atoms with Gasteiger partial charge in [-0.2, -0.15) is 31.4 Å². The molecule has 1 unspecified atom stereocenters. The van der Waals surface area contributed by atoms with Gasteiger partial charge in [0.05, 0.1) is 62.2 Å². The van der Waals surface area contributed by atoms with Crippen LogP contribution in [0.4, 0.5) is 36.4 Å². The number of amides is 2. The van der Waals surface area contributed by atoms with Crippen LogP contribution in [0.25, 0.3) is 10.9 Å². The summed E-state index contributed by atoms with van der Waals surface area (Å²) in [6.45, 7) is -0.527. The summed E-state index contributed by atoms with van der Waals surface area (Å²) >= 11 is 5.87. The molecule has 0 saturated carbocycles. The van der Waals surface area contributed by atoms with E-state index in [0.717, 1.165) is 19.2 Å². The number of esters is 1. The molecule has 1 aliphatic heterocycles. The number of carbonyl (C=O) groups is 4. The average molecular weight is 712 g/mol. The standard InChI is InChI=1S/C25H24ClF4N7O4.C2HF3O2/c1-41-22(39)7-18(12-2-14(25(28,29)30)6-15(26)3-12)35-21(38)11-31-23(40)13-4-19(17-10-34-37-20(17)5-13)36-24-32-8-16(27)9-33-24;3-2(4,5)1(6)7/h2-6,10,16,18H,7-9,11H2,1H3,(H,31,40)(H,34,37)(H,35,38)(H2,32,33,36);(H,6,7)/t18-;/m0./s1. The number of methoxy groups -OCH3 is 1. The number of anilines is 1. The van der Waals surface area contributed by atoms with Crippen molar-refractivity contribution in [2.75, 3.05) is 32.1 Å². The van der Waals surface area contributed by atoms with E-state index in [1.54, 1.807) is 0 Å². The summed E-state index contributed by atoms with van der Waals surface area (Å²) in [5.74, 6) is -4.69. The van der Waals surface area contributed by atoms with E-state index < -0.39 is 66.8 Å². The van der Waals surface area contributed by atoms with Crippen LogP contribution < -0.4 is 21.3 Å². The molecule has 0 spiro atoms. The van der Waals surface area contributed by atoms with E-state index in [1.165, 1.54) is 24.4 Å². The highest BCUT2D eigenvalue weighted by Gasteiger charge is 2.38. The monoisotopic (exact) mass is 711 g/mol. The van der Waals surface area contributed by atoms with Gasteiger partial charge in [-0.15, -0.1) is 0 Å². The predicted octanol–water partition coefficient (Wildman–Crippen LogP) is 3.73. The number of carboxylic acid groups (broad SMARTS) is 1. The second-order valence-corrected chi connectivity index (χ2v) is 10.2. The van der Waals surface area contributed by atoms with Gasteiger partial charge in [0.2, 0.25) is 5.91 Å². The molecule has 48 heavy (non-hydrogen) atoms. The summed E-state index contributed by atoms with van der Waals surface area (Å²) in [4.78, 5) is 50.5. The van der Waals surface area contributed by atoms with Crippen molar-refractivity contribution < 1.29 is 59.8 Å². The summed E-state index contributed by atoms with van der Waals surface area (Å²) in [6, 6.07) is 4.44. The third-order valence-electron chi connectivity index (χ3n) is 6.25. The largest absolute Gasteiger partial charge is 0.490 e. The quantitative estimate of drug-likeness (QED) is 0.150. The minimum atomic E-state index is -5.08. The Balaban J connectivity index is 0.000000804. The van der Waals surface area contributed by atoms with Crippen LogP contribution in [0.2, 0.25) is 5.02 Å². The van der Waals surface area contributed by atoms with E-state index in [1.807, 2.05) is 0 Å². The Labute approximate surface area is 270 Å². The Bertz CT molecular complexity index is 1700. The molecule has 21 heteroatoms. The van der Waals surface area contributed by atoms with Crippen LogP contribution in [0.15, 0.2) is 41.5 Å². The molecule has 2 atom stereocenters. The lowest BCUT2D eigenvalue weighted by molar-refractivity contribution is -0.192. The minimum Gasteiger partial charge on any atom is -0.475 e. The minimum absolute atomic E-state index is 0.0250. The number of fused-ring (bicyclic) bond motifs is 1. The number of rotatable bonds is 8. The lowest BCUT2D eigenvalue weighted by Crippen LogP contribution is -2.41. The predicted molar refractivity (Wildman–Crippen MR) is 155 cm³/mol. The number of nitrogens with one attached hydrogen (secondary N) is 5. The SMILES string of the molecule is COC(=O)C[C@H](NC(=O)CNC(=O)c1cc(NC2=NCC(F)CN2)c2cn[nH]c2c1)c1cc(Cl)cc(C(F)(F)F)c1.O=C(O)C(F)(F)F. The normalized spacial score (nSPS) is 15.2. The van der Waals surface area contributed by atoms with Gasteiger partial charge in [0.1, 0.15) is 6.17 Å². The number of ether oxygens (including phenoxy) is 1.